The molecule has 0 aliphatic heterocycles. The quantitative estimate of drug-likeness (QED) is 0.419. The summed E-state index contributed by atoms with van der Waals surface area (Å²) in [5.74, 6) is -0.725. The molecule has 1 N–H and O–H groups in total. The van der Waals surface area contributed by atoms with Crippen LogP contribution in [0.1, 0.15) is 24.1 Å². The standard InChI is InChI=1S/C25H22F3N3O2/c1-16(17-9-5-3-6-10-17)29-21(32)15-33-22-13-20(25(26,27)28)23-19(14-31(2)24(23)30-22)18-11-7-4-8-12-18/h3-14,16H,15H2,1-2H3,(H,29,32). The van der Waals surface area contributed by atoms with Crippen molar-refractivity contribution in [1.82, 2.24) is 14.9 Å². The molecule has 4 aromatic rings. The van der Waals surface area contributed by atoms with Crippen LogP contribution in [-0.4, -0.2) is 22.1 Å². The first-order valence-electron chi connectivity index (χ1n) is 10.3. The van der Waals surface area contributed by atoms with Gasteiger partial charge in [0.15, 0.2) is 6.61 Å². The fourth-order valence-corrected chi connectivity index (χ4v) is 3.73. The minimum Gasteiger partial charge on any atom is -0.467 e. The van der Waals surface area contributed by atoms with E-state index in [-0.39, 0.29) is 23.0 Å². The summed E-state index contributed by atoms with van der Waals surface area (Å²) in [7, 11) is 1.62. The second kappa shape index (κ2) is 8.97. The van der Waals surface area contributed by atoms with Gasteiger partial charge in [0.1, 0.15) is 5.65 Å². The number of nitrogens with one attached hydrogen (secondary N) is 1. The molecule has 0 aliphatic rings. The van der Waals surface area contributed by atoms with Gasteiger partial charge in [0.05, 0.1) is 11.6 Å². The Labute approximate surface area is 188 Å². The molecule has 170 valence electrons. The highest BCUT2D eigenvalue weighted by Crippen LogP contribution is 2.41. The molecule has 0 radical (unpaired) electrons. The molecule has 8 heteroatoms. The van der Waals surface area contributed by atoms with Gasteiger partial charge in [0.2, 0.25) is 5.88 Å². The Kier molecular flexibility index (Phi) is 6.09. The molecule has 0 saturated heterocycles. The predicted octanol–water partition coefficient (Wildman–Crippen LogP) is 5.52. The SMILES string of the molecule is CC(NC(=O)COc1cc(C(F)(F)F)c2c(-c3ccccc3)cn(C)c2n1)c1ccccc1. The van der Waals surface area contributed by atoms with E-state index in [0.29, 0.717) is 11.1 Å². The van der Waals surface area contributed by atoms with Gasteiger partial charge in [0, 0.05) is 30.3 Å². The molecule has 2 aromatic heterocycles. The molecule has 1 unspecified atom stereocenters. The van der Waals surface area contributed by atoms with E-state index >= 15 is 0 Å². The molecule has 0 fully saturated rings. The van der Waals surface area contributed by atoms with E-state index in [9.17, 15) is 18.0 Å². The van der Waals surface area contributed by atoms with E-state index in [1.807, 2.05) is 37.3 Å². The molecule has 1 amide bonds. The highest BCUT2D eigenvalue weighted by atomic mass is 19.4. The molecule has 0 bridgehead atoms. The number of alkyl halides is 3. The van der Waals surface area contributed by atoms with Gasteiger partial charge in [0.25, 0.3) is 5.91 Å². The number of rotatable bonds is 6. The molecule has 5 nitrogen and oxygen atoms in total. The average molecular weight is 453 g/mol. The molecule has 0 spiro atoms. The van der Waals surface area contributed by atoms with Crippen molar-refractivity contribution in [3.63, 3.8) is 0 Å². The highest BCUT2D eigenvalue weighted by molar-refractivity contribution is 5.97. The number of aromatic nitrogens is 2. The summed E-state index contributed by atoms with van der Waals surface area (Å²) in [5, 5.41) is 2.76. The molecule has 2 aromatic carbocycles. The lowest BCUT2D eigenvalue weighted by molar-refractivity contribution is -0.136. The molecule has 0 aliphatic carbocycles. The van der Waals surface area contributed by atoms with Crippen LogP contribution in [0.2, 0.25) is 0 Å². The van der Waals surface area contributed by atoms with Gasteiger partial charge in [-0.1, -0.05) is 60.7 Å². The van der Waals surface area contributed by atoms with E-state index in [4.69, 9.17) is 4.74 Å². The van der Waals surface area contributed by atoms with Crippen LogP contribution in [0.4, 0.5) is 13.2 Å². The summed E-state index contributed by atoms with van der Waals surface area (Å²) in [6.07, 6.45) is -3.02. The molecule has 0 saturated carbocycles. The average Bonchev–Trinajstić information content (AvgIpc) is 3.14. The van der Waals surface area contributed by atoms with Crippen LogP contribution in [0.5, 0.6) is 5.88 Å². The Bertz CT molecular complexity index is 1270. The lowest BCUT2D eigenvalue weighted by Crippen LogP contribution is -2.31. The van der Waals surface area contributed by atoms with Crippen LogP contribution in [-0.2, 0) is 18.0 Å². The summed E-state index contributed by atoms with van der Waals surface area (Å²) in [5.41, 5.74) is 1.24. The molecule has 33 heavy (non-hydrogen) atoms. The first-order valence-corrected chi connectivity index (χ1v) is 10.3. The van der Waals surface area contributed by atoms with Crippen molar-refractivity contribution < 1.29 is 22.7 Å². The first-order chi connectivity index (χ1) is 15.7. The second-order valence-corrected chi connectivity index (χ2v) is 7.71. The smallest absolute Gasteiger partial charge is 0.417 e. The van der Waals surface area contributed by atoms with Crippen LogP contribution in [0, 0.1) is 0 Å². The summed E-state index contributed by atoms with van der Waals surface area (Å²) >= 11 is 0. The number of nitrogens with zero attached hydrogens (tertiary/aromatic N) is 2. The third-order valence-electron chi connectivity index (χ3n) is 5.32. The zero-order chi connectivity index (χ0) is 23.6. The molecular formula is C25H22F3N3O2. The van der Waals surface area contributed by atoms with Crippen molar-refractivity contribution in [1.29, 1.82) is 0 Å². The van der Waals surface area contributed by atoms with Crippen molar-refractivity contribution in [2.75, 3.05) is 6.61 Å². The third kappa shape index (κ3) is 4.84. The molecule has 4 rings (SSSR count). The highest BCUT2D eigenvalue weighted by Gasteiger charge is 2.36. The number of aryl methyl sites for hydroxylation is 1. The predicted molar refractivity (Wildman–Crippen MR) is 120 cm³/mol. The summed E-state index contributed by atoms with van der Waals surface area (Å²) in [6, 6.07) is 18.7. The zero-order valence-corrected chi connectivity index (χ0v) is 18.1. The van der Waals surface area contributed by atoms with Gasteiger partial charge in [-0.2, -0.15) is 18.2 Å². The molecular weight excluding hydrogens is 431 g/mol. The minimum absolute atomic E-state index is 0.00861. The van der Waals surface area contributed by atoms with Gasteiger partial charge >= 0.3 is 6.18 Å². The van der Waals surface area contributed by atoms with Crippen molar-refractivity contribution >= 4 is 16.9 Å². The van der Waals surface area contributed by atoms with Crippen molar-refractivity contribution in [2.24, 2.45) is 7.05 Å². The summed E-state index contributed by atoms with van der Waals surface area (Å²) < 4.78 is 48.9. The maximum absolute atomic E-state index is 14.0. The van der Waals surface area contributed by atoms with Crippen molar-refractivity contribution in [3.8, 4) is 17.0 Å². The minimum atomic E-state index is -4.63. The van der Waals surface area contributed by atoms with Gasteiger partial charge in [-0.3, -0.25) is 4.79 Å². The summed E-state index contributed by atoms with van der Waals surface area (Å²) in [6.45, 7) is 1.36. The van der Waals surface area contributed by atoms with Crippen LogP contribution in [0.25, 0.3) is 22.2 Å². The van der Waals surface area contributed by atoms with E-state index in [0.717, 1.165) is 11.6 Å². The fourth-order valence-electron chi connectivity index (χ4n) is 3.73. The Morgan fingerprint density at radius 2 is 1.73 bits per heavy atom. The van der Waals surface area contributed by atoms with Gasteiger partial charge in [-0.25, -0.2) is 0 Å². The van der Waals surface area contributed by atoms with Crippen LogP contribution in [0.3, 0.4) is 0 Å². The van der Waals surface area contributed by atoms with E-state index < -0.39 is 24.3 Å². The molecule has 1 atom stereocenters. The normalized spacial score (nSPS) is 12.5. The van der Waals surface area contributed by atoms with Gasteiger partial charge < -0.3 is 14.6 Å². The Balaban J connectivity index is 1.61. The number of carbonyl (C=O) groups is 1. The van der Waals surface area contributed by atoms with E-state index in [1.165, 1.54) is 4.57 Å². The maximum Gasteiger partial charge on any atom is 0.417 e. The van der Waals surface area contributed by atoms with Crippen LogP contribution < -0.4 is 10.1 Å². The number of pyridine rings is 1. The van der Waals surface area contributed by atoms with Crippen LogP contribution >= 0.6 is 0 Å². The lowest BCUT2D eigenvalue weighted by Gasteiger charge is -2.15. The van der Waals surface area contributed by atoms with Crippen LogP contribution in [0.15, 0.2) is 72.9 Å². The maximum atomic E-state index is 14.0. The zero-order valence-electron chi connectivity index (χ0n) is 18.1. The van der Waals surface area contributed by atoms with Crippen molar-refractivity contribution in [2.45, 2.75) is 19.1 Å². The van der Waals surface area contributed by atoms with Gasteiger partial charge in [-0.05, 0) is 18.1 Å². The Morgan fingerprint density at radius 1 is 1.09 bits per heavy atom. The number of carbonyl (C=O) groups excluding carboxylic acids is 1. The number of hydrogen-bond acceptors (Lipinski definition) is 3. The second-order valence-electron chi connectivity index (χ2n) is 7.71. The number of fused-ring (bicyclic) bond motifs is 1. The number of ether oxygens (including phenoxy) is 1. The number of halogens is 3. The number of hydrogen-bond donors (Lipinski definition) is 1. The van der Waals surface area contributed by atoms with E-state index in [2.05, 4.69) is 10.3 Å². The third-order valence-corrected chi connectivity index (χ3v) is 5.32. The fraction of sp³-hybridized carbons (Fsp3) is 0.200. The van der Waals surface area contributed by atoms with Gasteiger partial charge in [-0.15, -0.1) is 0 Å². The lowest BCUT2D eigenvalue weighted by atomic mass is 10.0. The summed E-state index contributed by atoms with van der Waals surface area (Å²) in [4.78, 5) is 16.6. The first kappa shape index (κ1) is 22.4. The number of benzene rings is 2. The topological polar surface area (TPSA) is 56.1 Å². The number of amides is 1. The monoisotopic (exact) mass is 453 g/mol. The van der Waals surface area contributed by atoms with Crippen molar-refractivity contribution in [3.05, 3.63) is 84.1 Å². The largest absolute Gasteiger partial charge is 0.467 e. The van der Waals surface area contributed by atoms with E-state index in [1.54, 1.807) is 43.6 Å². The Hall–Kier alpha value is -3.81. The molecule has 2 heterocycles. The Morgan fingerprint density at radius 3 is 2.36 bits per heavy atom.